The summed E-state index contributed by atoms with van der Waals surface area (Å²) in [6, 6.07) is 6.46. The molecule has 0 unspecified atom stereocenters. The summed E-state index contributed by atoms with van der Waals surface area (Å²) in [6.07, 6.45) is 0.796. The van der Waals surface area contributed by atoms with Crippen LogP contribution in [-0.4, -0.2) is 16.6 Å². The molecule has 5 heteroatoms. The van der Waals surface area contributed by atoms with Crippen molar-refractivity contribution in [2.24, 2.45) is 5.41 Å². The van der Waals surface area contributed by atoms with Crippen molar-refractivity contribution in [2.45, 2.75) is 46.6 Å². The van der Waals surface area contributed by atoms with Crippen molar-refractivity contribution >= 4 is 16.9 Å². The van der Waals surface area contributed by atoms with Gasteiger partial charge in [-0.25, -0.2) is 0 Å². The van der Waals surface area contributed by atoms with Gasteiger partial charge in [0.1, 0.15) is 5.56 Å². The minimum absolute atomic E-state index is 0.0454. The molecule has 1 aromatic carbocycles. The molecule has 1 amide bonds. The van der Waals surface area contributed by atoms with Crippen LogP contribution in [0.4, 0.5) is 0 Å². The molecule has 0 bridgehead atoms. The van der Waals surface area contributed by atoms with E-state index >= 15 is 0 Å². The molecule has 1 heterocycles. The third kappa shape index (κ3) is 4.12. The van der Waals surface area contributed by atoms with E-state index < -0.39 is 5.54 Å². The van der Waals surface area contributed by atoms with Gasteiger partial charge in [-0.1, -0.05) is 32.9 Å². The summed E-state index contributed by atoms with van der Waals surface area (Å²) in [7, 11) is 0. The minimum atomic E-state index is -0.407. The molecule has 124 valence electrons. The number of benzene rings is 1. The van der Waals surface area contributed by atoms with Crippen LogP contribution >= 0.6 is 0 Å². The SMILES string of the molecule is CC(C)(C)CC(C)(C)NC(=O)c1cc2cccc(O)c2oc1=N. The van der Waals surface area contributed by atoms with Crippen LogP contribution < -0.4 is 10.9 Å². The summed E-state index contributed by atoms with van der Waals surface area (Å²) in [5.74, 6) is -0.394. The van der Waals surface area contributed by atoms with Gasteiger partial charge < -0.3 is 14.8 Å². The van der Waals surface area contributed by atoms with Crippen molar-refractivity contribution in [3.63, 3.8) is 0 Å². The van der Waals surface area contributed by atoms with Crippen LogP contribution in [-0.2, 0) is 0 Å². The zero-order chi connectivity index (χ0) is 17.4. The van der Waals surface area contributed by atoms with Crippen LogP contribution in [0.15, 0.2) is 28.7 Å². The molecule has 1 aromatic heterocycles. The Bertz CT molecular complexity index is 798. The Hall–Kier alpha value is -2.30. The van der Waals surface area contributed by atoms with Crippen molar-refractivity contribution in [1.29, 1.82) is 5.41 Å². The van der Waals surface area contributed by atoms with Gasteiger partial charge >= 0.3 is 0 Å². The van der Waals surface area contributed by atoms with Crippen molar-refractivity contribution in [3.8, 4) is 5.75 Å². The zero-order valence-corrected chi connectivity index (χ0v) is 14.3. The van der Waals surface area contributed by atoms with E-state index in [2.05, 4.69) is 26.1 Å². The number of phenolic OH excluding ortho intramolecular Hbond substituents is 1. The van der Waals surface area contributed by atoms with Gasteiger partial charge in [-0.3, -0.25) is 10.2 Å². The Morgan fingerprint density at radius 2 is 1.91 bits per heavy atom. The van der Waals surface area contributed by atoms with Crippen LogP contribution in [0.2, 0.25) is 0 Å². The molecular formula is C18H24N2O3. The lowest BCUT2D eigenvalue weighted by Gasteiger charge is -2.33. The number of fused-ring (bicyclic) bond motifs is 1. The van der Waals surface area contributed by atoms with Gasteiger partial charge in [0.25, 0.3) is 5.91 Å². The highest BCUT2D eigenvalue weighted by Crippen LogP contribution is 2.27. The molecule has 0 aliphatic carbocycles. The number of carbonyl (C=O) groups is 1. The average Bonchev–Trinajstić information content (AvgIpc) is 2.35. The van der Waals surface area contributed by atoms with E-state index in [-0.39, 0.29) is 33.8 Å². The molecular weight excluding hydrogens is 292 g/mol. The zero-order valence-electron chi connectivity index (χ0n) is 14.3. The maximum atomic E-state index is 12.5. The molecule has 0 aliphatic rings. The topological polar surface area (TPSA) is 86.3 Å². The lowest BCUT2D eigenvalue weighted by Crippen LogP contribution is -2.46. The summed E-state index contributed by atoms with van der Waals surface area (Å²) in [4.78, 5) is 12.5. The predicted octanol–water partition coefficient (Wildman–Crippen LogP) is 3.56. The monoisotopic (exact) mass is 316 g/mol. The number of rotatable bonds is 3. The number of phenols is 1. The van der Waals surface area contributed by atoms with Gasteiger partial charge in [-0.2, -0.15) is 0 Å². The number of aromatic hydroxyl groups is 1. The second-order valence-electron chi connectivity index (χ2n) is 7.76. The Labute approximate surface area is 135 Å². The van der Waals surface area contributed by atoms with Gasteiger partial charge in [0.15, 0.2) is 11.3 Å². The summed E-state index contributed by atoms with van der Waals surface area (Å²) in [5.41, 5.74) is -0.230. The van der Waals surface area contributed by atoms with E-state index in [9.17, 15) is 9.90 Å². The van der Waals surface area contributed by atoms with Crippen LogP contribution in [0.3, 0.4) is 0 Å². The van der Waals surface area contributed by atoms with E-state index in [1.54, 1.807) is 18.2 Å². The van der Waals surface area contributed by atoms with Crippen LogP contribution in [0, 0.1) is 10.8 Å². The summed E-state index contributed by atoms with van der Waals surface area (Å²) in [6.45, 7) is 10.3. The van der Waals surface area contributed by atoms with Gasteiger partial charge in [0, 0.05) is 10.9 Å². The van der Waals surface area contributed by atoms with E-state index in [1.807, 2.05) is 13.8 Å². The van der Waals surface area contributed by atoms with Gasteiger partial charge in [-0.15, -0.1) is 0 Å². The molecule has 0 saturated heterocycles. The number of hydrogen-bond acceptors (Lipinski definition) is 4. The molecule has 0 radical (unpaired) electrons. The normalized spacial score (nSPS) is 12.4. The molecule has 0 fully saturated rings. The molecule has 5 nitrogen and oxygen atoms in total. The lowest BCUT2D eigenvalue weighted by atomic mass is 9.81. The van der Waals surface area contributed by atoms with Gasteiger partial charge in [-0.05, 0) is 37.8 Å². The number of amides is 1. The van der Waals surface area contributed by atoms with Crippen molar-refractivity contribution in [3.05, 3.63) is 35.4 Å². The van der Waals surface area contributed by atoms with E-state index in [0.29, 0.717) is 5.39 Å². The number of para-hydroxylation sites is 1. The predicted molar refractivity (Wildman–Crippen MR) is 89.4 cm³/mol. The fraction of sp³-hybridized carbons (Fsp3) is 0.444. The average molecular weight is 316 g/mol. The highest BCUT2D eigenvalue weighted by molar-refractivity contribution is 5.97. The largest absolute Gasteiger partial charge is 0.504 e. The van der Waals surface area contributed by atoms with Gasteiger partial charge in [0.2, 0.25) is 5.55 Å². The minimum Gasteiger partial charge on any atom is -0.504 e. The van der Waals surface area contributed by atoms with E-state index in [4.69, 9.17) is 9.83 Å². The van der Waals surface area contributed by atoms with Crippen molar-refractivity contribution < 1.29 is 14.3 Å². The first-order valence-corrected chi connectivity index (χ1v) is 7.61. The molecule has 0 aliphatic heterocycles. The summed E-state index contributed by atoms with van der Waals surface area (Å²) >= 11 is 0. The maximum absolute atomic E-state index is 12.5. The number of carbonyl (C=O) groups excluding carboxylic acids is 1. The van der Waals surface area contributed by atoms with Crippen LogP contribution in [0.25, 0.3) is 11.0 Å². The number of hydrogen-bond donors (Lipinski definition) is 3. The third-order valence-corrected chi connectivity index (χ3v) is 3.44. The van der Waals surface area contributed by atoms with E-state index in [0.717, 1.165) is 6.42 Å². The smallest absolute Gasteiger partial charge is 0.257 e. The van der Waals surface area contributed by atoms with Crippen LogP contribution in [0.1, 0.15) is 51.4 Å². The van der Waals surface area contributed by atoms with Crippen LogP contribution in [0.5, 0.6) is 5.75 Å². The van der Waals surface area contributed by atoms with Gasteiger partial charge in [0.05, 0.1) is 0 Å². The fourth-order valence-electron chi connectivity index (χ4n) is 3.06. The molecule has 0 atom stereocenters. The first-order chi connectivity index (χ1) is 10.5. The van der Waals surface area contributed by atoms with Crippen molar-refractivity contribution in [2.75, 3.05) is 0 Å². The highest BCUT2D eigenvalue weighted by Gasteiger charge is 2.28. The molecule has 3 N–H and O–H groups in total. The Balaban J connectivity index is 2.35. The molecule has 0 saturated carbocycles. The summed E-state index contributed by atoms with van der Waals surface area (Å²) in [5, 5.41) is 21.2. The molecule has 23 heavy (non-hydrogen) atoms. The third-order valence-electron chi connectivity index (χ3n) is 3.44. The summed E-state index contributed by atoms with van der Waals surface area (Å²) < 4.78 is 5.32. The Morgan fingerprint density at radius 3 is 2.52 bits per heavy atom. The molecule has 0 spiro atoms. The first kappa shape index (κ1) is 17.1. The quantitative estimate of drug-likeness (QED) is 0.809. The maximum Gasteiger partial charge on any atom is 0.257 e. The number of nitrogens with one attached hydrogen (secondary N) is 2. The lowest BCUT2D eigenvalue weighted by molar-refractivity contribution is 0.0887. The standard InChI is InChI=1S/C18H24N2O3/c1-17(2,3)10-18(4,5)20-16(22)12-9-11-7-6-8-13(21)14(11)23-15(12)19/h6-9,19,21H,10H2,1-5H3,(H,20,22). The molecule has 2 rings (SSSR count). The first-order valence-electron chi connectivity index (χ1n) is 7.61. The second kappa shape index (κ2) is 5.72. The molecule has 2 aromatic rings. The second-order valence-corrected chi connectivity index (χ2v) is 7.76. The fourth-order valence-corrected chi connectivity index (χ4v) is 3.06. The van der Waals surface area contributed by atoms with Crippen molar-refractivity contribution in [1.82, 2.24) is 5.32 Å². The Morgan fingerprint density at radius 1 is 1.26 bits per heavy atom. The Kier molecular flexibility index (Phi) is 4.24. The highest BCUT2D eigenvalue weighted by atomic mass is 16.4. The van der Waals surface area contributed by atoms with E-state index in [1.165, 1.54) is 6.07 Å².